The molecule has 0 bridgehead atoms. The van der Waals surface area contributed by atoms with Crippen LogP contribution in [0, 0.1) is 0 Å². The predicted molar refractivity (Wildman–Crippen MR) is 61.6 cm³/mol. The summed E-state index contributed by atoms with van der Waals surface area (Å²) in [6, 6.07) is 7.97. The lowest BCUT2D eigenvalue weighted by Crippen LogP contribution is -1.86. The molecule has 0 saturated heterocycles. The van der Waals surface area contributed by atoms with Crippen LogP contribution < -0.4 is 5.73 Å². The molecule has 1 rings (SSSR count). The average molecular weight is 359 g/mol. The Morgan fingerprint density at radius 3 is 2.40 bits per heavy atom. The van der Waals surface area contributed by atoms with E-state index in [4.69, 9.17) is 5.73 Å². The molecule has 0 amide bonds. The third-order valence-electron chi connectivity index (χ3n) is 1.16. The van der Waals surface area contributed by atoms with Crippen LogP contribution in [-0.4, -0.2) is 0 Å². The molecule has 1 nitrogen and oxygen atoms in total. The van der Waals surface area contributed by atoms with E-state index in [2.05, 4.69) is 51.2 Å². The fourth-order valence-electron chi connectivity index (χ4n) is 0.695. The predicted octanol–water partition coefficient (Wildman–Crippen LogP) is 3.14. The summed E-state index contributed by atoms with van der Waals surface area (Å²) in [5.41, 5.74) is 7.71. The third kappa shape index (κ3) is 2.26. The third-order valence-corrected chi connectivity index (χ3v) is 2.60. The Bertz CT molecular complexity index is 223. The van der Waals surface area contributed by atoms with Crippen LogP contribution in [0.5, 0.6) is 0 Å². The first-order valence-corrected chi connectivity index (χ1v) is 5.33. The van der Waals surface area contributed by atoms with Crippen molar-refractivity contribution in [2.45, 2.75) is 1.93 Å². The Morgan fingerprint density at radius 1 is 1.30 bits per heavy atom. The van der Waals surface area contributed by atoms with Gasteiger partial charge in [0.2, 0.25) is 0 Å². The molecule has 0 heterocycles. The summed E-state index contributed by atoms with van der Waals surface area (Å²) in [5, 5.41) is 0. The van der Waals surface area contributed by atoms with Crippen molar-refractivity contribution < 1.29 is 0 Å². The molecule has 0 aromatic heterocycles. The second-order valence-electron chi connectivity index (χ2n) is 1.97. The molecule has 0 radical (unpaired) electrons. The molecule has 0 aliphatic rings. The van der Waals surface area contributed by atoms with E-state index in [1.165, 1.54) is 5.56 Å². The smallest absolute Gasteiger partial charge is 0.0875 e. The van der Waals surface area contributed by atoms with Crippen LogP contribution in [0.15, 0.2) is 24.3 Å². The van der Waals surface area contributed by atoms with Gasteiger partial charge < -0.3 is 5.73 Å². The molecule has 10 heavy (non-hydrogen) atoms. The van der Waals surface area contributed by atoms with E-state index >= 15 is 0 Å². The van der Waals surface area contributed by atoms with Gasteiger partial charge in [0.05, 0.1) is 1.93 Å². The normalized spacial score (nSPS) is 10.3. The van der Waals surface area contributed by atoms with Gasteiger partial charge >= 0.3 is 0 Å². The lowest BCUT2D eigenvalue weighted by Gasteiger charge is -2.01. The van der Waals surface area contributed by atoms with Crippen molar-refractivity contribution in [2.24, 2.45) is 0 Å². The van der Waals surface area contributed by atoms with Gasteiger partial charge in [-0.05, 0) is 17.7 Å². The molecule has 0 aliphatic heterocycles. The topological polar surface area (TPSA) is 26.0 Å². The molecule has 0 atom stereocenters. The number of alkyl halides is 2. The standard InChI is InChI=1S/C7H7I2N/c8-7(9)5-2-1-3-6(10)4-5/h1-4,7H,10H2. The van der Waals surface area contributed by atoms with E-state index in [0.717, 1.165) is 5.69 Å². The first kappa shape index (κ1) is 8.58. The van der Waals surface area contributed by atoms with Crippen LogP contribution >= 0.6 is 45.2 Å². The zero-order valence-corrected chi connectivity index (χ0v) is 9.54. The highest BCUT2D eigenvalue weighted by molar-refractivity contribution is 14.2. The molecule has 0 aliphatic carbocycles. The molecule has 0 fully saturated rings. The van der Waals surface area contributed by atoms with Crippen LogP contribution in [0.3, 0.4) is 0 Å². The van der Waals surface area contributed by atoms with Gasteiger partial charge in [0.15, 0.2) is 0 Å². The van der Waals surface area contributed by atoms with Gasteiger partial charge in [0.25, 0.3) is 0 Å². The van der Waals surface area contributed by atoms with E-state index in [1.54, 1.807) is 0 Å². The molecule has 0 saturated carbocycles. The Labute approximate surface area is 87.7 Å². The zero-order chi connectivity index (χ0) is 7.56. The summed E-state index contributed by atoms with van der Waals surface area (Å²) in [6.07, 6.45) is 0. The summed E-state index contributed by atoms with van der Waals surface area (Å²) < 4.78 is 0.513. The fourth-order valence-corrected chi connectivity index (χ4v) is 1.47. The van der Waals surface area contributed by atoms with E-state index in [0.29, 0.717) is 1.93 Å². The number of benzene rings is 1. The van der Waals surface area contributed by atoms with Crippen molar-refractivity contribution in [1.82, 2.24) is 0 Å². The van der Waals surface area contributed by atoms with Crippen molar-refractivity contribution in [2.75, 3.05) is 5.73 Å². The molecule has 0 spiro atoms. The van der Waals surface area contributed by atoms with Crippen molar-refractivity contribution in [3.63, 3.8) is 0 Å². The van der Waals surface area contributed by atoms with Gasteiger partial charge in [0.1, 0.15) is 0 Å². The highest BCUT2D eigenvalue weighted by Gasteiger charge is 1.99. The maximum Gasteiger partial charge on any atom is 0.0875 e. The number of halogens is 2. The lowest BCUT2D eigenvalue weighted by atomic mass is 10.2. The van der Waals surface area contributed by atoms with E-state index in [1.807, 2.05) is 18.2 Å². The molecule has 1 aromatic carbocycles. The quantitative estimate of drug-likeness (QED) is 0.466. The number of hydrogen-bond donors (Lipinski definition) is 1. The van der Waals surface area contributed by atoms with Gasteiger partial charge in [-0.25, -0.2) is 0 Å². The Balaban J connectivity index is 2.96. The minimum Gasteiger partial charge on any atom is -0.399 e. The molecular formula is C7H7I2N. The summed E-state index contributed by atoms with van der Waals surface area (Å²) in [6.45, 7) is 0. The minimum atomic E-state index is 0.513. The molecule has 0 unspecified atom stereocenters. The number of nitrogens with two attached hydrogens (primary N) is 1. The number of nitrogen functional groups attached to an aromatic ring is 1. The maximum absolute atomic E-state index is 5.59. The van der Waals surface area contributed by atoms with Crippen molar-refractivity contribution in [1.29, 1.82) is 0 Å². The second-order valence-corrected chi connectivity index (χ2v) is 6.85. The molecule has 3 heteroatoms. The largest absolute Gasteiger partial charge is 0.399 e. The van der Waals surface area contributed by atoms with E-state index < -0.39 is 0 Å². The van der Waals surface area contributed by atoms with Crippen LogP contribution in [-0.2, 0) is 0 Å². The first-order valence-electron chi connectivity index (χ1n) is 2.84. The van der Waals surface area contributed by atoms with Gasteiger partial charge in [-0.15, -0.1) is 0 Å². The van der Waals surface area contributed by atoms with Crippen molar-refractivity contribution in [3.05, 3.63) is 29.8 Å². The van der Waals surface area contributed by atoms with E-state index in [9.17, 15) is 0 Å². The van der Waals surface area contributed by atoms with Crippen molar-refractivity contribution >= 4 is 50.9 Å². The van der Waals surface area contributed by atoms with Crippen LogP contribution in [0.4, 0.5) is 5.69 Å². The summed E-state index contributed by atoms with van der Waals surface area (Å²) in [7, 11) is 0. The van der Waals surface area contributed by atoms with Gasteiger partial charge in [-0.2, -0.15) is 0 Å². The van der Waals surface area contributed by atoms with E-state index in [-0.39, 0.29) is 0 Å². The van der Waals surface area contributed by atoms with Crippen LogP contribution in [0.1, 0.15) is 7.49 Å². The van der Waals surface area contributed by atoms with Gasteiger partial charge in [-0.1, -0.05) is 57.3 Å². The minimum absolute atomic E-state index is 0.513. The SMILES string of the molecule is Nc1cccc(C(I)I)c1. The van der Waals surface area contributed by atoms with Gasteiger partial charge in [0, 0.05) is 5.69 Å². The molecular weight excluding hydrogens is 352 g/mol. The first-order chi connectivity index (χ1) is 4.70. The Kier molecular flexibility index (Phi) is 3.22. The van der Waals surface area contributed by atoms with Crippen LogP contribution in [0.2, 0.25) is 0 Å². The Hall–Kier alpha value is 0.480. The monoisotopic (exact) mass is 359 g/mol. The summed E-state index contributed by atoms with van der Waals surface area (Å²) in [5.74, 6) is 0. The summed E-state index contributed by atoms with van der Waals surface area (Å²) >= 11 is 4.71. The number of hydrogen-bond acceptors (Lipinski definition) is 1. The fraction of sp³-hybridized carbons (Fsp3) is 0.143. The Morgan fingerprint density at radius 2 is 2.00 bits per heavy atom. The summed E-state index contributed by atoms with van der Waals surface area (Å²) in [4.78, 5) is 0. The number of anilines is 1. The van der Waals surface area contributed by atoms with Gasteiger partial charge in [-0.3, -0.25) is 0 Å². The highest BCUT2D eigenvalue weighted by Crippen LogP contribution is 2.30. The van der Waals surface area contributed by atoms with Crippen LogP contribution in [0.25, 0.3) is 0 Å². The maximum atomic E-state index is 5.59. The molecule has 54 valence electrons. The second kappa shape index (κ2) is 3.75. The molecule has 2 N–H and O–H groups in total. The zero-order valence-electron chi connectivity index (χ0n) is 5.22. The number of rotatable bonds is 1. The molecule has 1 aromatic rings. The lowest BCUT2D eigenvalue weighted by molar-refractivity contribution is 1.46. The highest BCUT2D eigenvalue weighted by atomic mass is 127. The average Bonchev–Trinajstić information content (AvgIpc) is 1.88. The van der Waals surface area contributed by atoms with Crippen molar-refractivity contribution in [3.8, 4) is 0 Å².